The molecule has 26 heavy (non-hydrogen) atoms. The van der Waals surface area contributed by atoms with E-state index in [0.29, 0.717) is 11.6 Å². The van der Waals surface area contributed by atoms with Crippen LogP contribution < -0.4 is 10.2 Å². The molecule has 0 unspecified atom stereocenters. The van der Waals surface area contributed by atoms with Crippen LogP contribution in [0.1, 0.15) is 31.0 Å². The quantitative estimate of drug-likeness (QED) is 0.765. The number of halogens is 4. The Labute approximate surface area is 155 Å². The average Bonchev–Trinajstić information content (AvgIpc) is 2.56. The minimum atomic E-state index is -4.52. The minimum Gasteiger partial charge on any atom is -0.356 e. The number of nitrogens with zero attached hydrogens (tertiary/aromatic N) is 3. The molecule has 2 heterocycles. The summed E-state index contributed by atoms with van der Waals surface area (Å²) < 4.78 is 39.8. The number of alkyl halides is 3. The van der Waals surface area contributed by atoms with Crippen molar-refractivity contribution in [1.29, 1.82) is 0 Å². The van der Waals surface area contributed by atoms with Crippen LogP contribution in [-0.4, -0.2) is 23.1 Å². The highest BCUT2D eigenvalue weighted by atomic mass is 35.5. The summed E-state index contributed by atoms with van der Waals surface area (Å²) in [5.74, 6) is 1.55. The normalized spacial score (nSPS) is 16.0. The van der Waals surface area contributed by atoms with Crippen LogP contribution in [0, 0.1) is 12.8 Å². The maximum absolute atomic E-state index is 13.3. The lowest BCUT2D eigenvalue weighted by atomic mass is 9.99. The molecule has 2 aromatic rings. The summed E-state index contributed by atoms with van der Waals surface area (Å²) in [6.07, 6.45) is -2.38. The average molecular weight is 385 g/mol. The first-order valence-electron chi connectivity index (χ1n) is 8.47. The fourth-order valence-corrected chi connectivity index (χ4v) is 3.16. The second kappa shape index (κ2) is 7.31. The second-order valence-electron chi connectivity index (χ2n) is 6.67. The van der Waals surface area contributed by atoms with Crippen LogP contribution in [0.5, 0.6) is 0 Å². The number of piperidine rings is 1. The number of anilines is 3. The first kappa shape index (κ1) is 18.8. The number of benzene rings is 1. The minimum absolute atomic E-state index is 0.0242. The lowest BCUT2D eigenvalue weighted by Crippen LogP contribution is -2.33. The molecule has 8 heteroatoms. The van der Waals surface area contributed by atoms with Crippen LogP contribution in [-0.2, 0) is 6.18 Å². The predicted molar refractivity (Wildman–Crippen MR) is 97.1 cm³/mol. The molecular formula is C18H20ClF3N4. The highest BCUT2D eigenvalue weighted by Crippen LogP contribution is 2.37. The van der Waals surface area contributed by atoms with Gasteiger partial charge in [0.15, 0.2) is 0 Å². The van der Waals surface area contributed by atoms with Gasteiger partial charge in [-0.25, -0.2) is 4.98 Å². The van der Waals surface area contributed by atoms with Gasteiger partial charge in [-0.1, -0.05) is 18.5 Å². The summed E-state index contributed by atoms with van der Waals surface area (Å²) in [6, 6.07) is 5.45. The summed E-state index contributed by atoms with van der Waals surface area (Å²) in [7, 11) is 0. The van der Waals surface area contributed by atoms with Gasteiger partial charge >= 0.3 is 6.18 Å². The van der Waals surface area contributed by atoms with Crippen molar-refractivity contribution in [2.75, 3.05) is 23.3 Å². The molecule has 0 atom stereocenters. The van der Waals surface area contributed by atoms with Crippen LogP contribution in [0.2, 0.25) is 5.02 Å². The zero-order valence-electron chi connectivity index (χ0n) is 14.6. The van der Waals surface area contributed by atoms with Crippen molar-refractivity contribution >= 4 is 29.1 Å². The number of hydrogen-bond acceptors (Lipinski definition) is 4. The summed E-state index contributed by atoms with van der Waals surface area (Å²) in [6.45, 7) is 5.78. The zero-order chi connectivity index (χ0) is 18.9. The standard InChI is InChI=1S/C18H20ClF3N4/c1-11-5-7-26(8-6-11)16-9-12(2)23-17(25-16)24-15-4-3-13(19)10-14(15)18(20,21)22/h3-4,9-11H,5-8H2,1-2H3,(H,23,24,25). The molecule has 0 radical (unpaired) electrons. The third kappa shape index (κ3) is 4.38. The molecule has 0 amide bonds. The zero-order valence-corrected chi connectivity index (χ0v) is 15.3. The van der Waals surface area contributed by atoms with Crippen LogP contribution in [0.25, 0.3) is 0 Å². The number of rotatable bonds is 3. The third-order valence-corrected chi connectivity index (χ3v) is 4.72. The lowest BCUT2D eigenvalue weighted by molar-refractivity contribution is -0.136. The molecule has 3 rings (SSSR count). The Balaban J connectivity index is 1.89. The van der Waals surface area contributed by atoms with E-state index in [1.165, 1.54) is 12.1 Å². The topological polar surface area (TPSA) is 41.1 Å². The van der Waals surface area contributed by atoms with Gasteiger partial charge in [0.25, 0.3) is 0 Å². The molecule has 1 aliphatic heterocycles. The Morgan fingerprint density at radius 2 is 1.85 bits per heavy atom. The van der Waals surface area contributed by atoms with Crippen LogP contribution in [0.4, 0.5) is 30.6 Å². The Morgan fingerprint density at radius 3 is 2.50 bits per heavy atom. The van der Waals surface area contributed by atoms with Crippen LogP contribution >= 0.6 is 11.6 Å². The lowest BCUT2D eigenvalue weighted by Gasteiger charge is -2.31. The fourth-order valence-electron chi connectivity index (χ4n) is 2.99. The molecule has 0 saturated carbocycles. The number of nitrogens with one attached hydrogen (secondary N) is 1. The van der Waals surface area contributed by atoms with Gasteiger partial charge in [0.2, 0.25) is 5.95 Å². The van der Waals surface area contributed by atoms with Crippen LogP contribution in [0.3, 0.4) is 0 Å². The molecule has 1 aromatic carbocycles. The molecular weight excluding hydrogens is 365 g/mol. The second-order valence-corrected chi connectivity index (χ2v) is 7.11. The Morgan fingerprint density at radius 1 is 1.15 bits per heavy atom. The molecule has 1 fully saturated rings. The number of aromatic nitrogens is 2. The maximum Gasteiger partial charge on any atom is 0.418 e. The fraction of sp³-hybridized carbons (Fsp3) is 0.444. The van der Waals surface area contributed by atoms with E-state index in [4.69, 9.17) is 11.6 Å². The molecule has 1 saturated heterocycles. The Bertz CT molecular complexity index is 786. The van der Waals surface area contributed by atoms with Gasteiger partial charge in [0.1, 0.15) is 5.82 Å². The Hall–Kier alpha value is -2.02. The van der Waals surface area contributed by atoms with Crippen molar-refractivity contribution in [2.24, 2.45) is 5.92 Å². The molecule has 0 bridgehead atoms. The molecule has 4 nitrogen and oxygen atoms in total. The van der Waals surface area contributed by atoms with Gasteiger partial charge in [0, 0.05) is 29.9 Å². The van der Waals surface area contributed by atoms with Crippen molar-refractivity contribution in [2.45, 2.75) is 32.9 Å². The maximum atomic E-state index is 13.3. The van der Waals surface area contributed by atoms with E-state index in [1.807, 2.05) is 6.07 Å². The Kier molecular flexibility index (Phi) is 5.27. The predicted octanol–water partition coefficient (Wildman–Crippen LogP) is 5.44. The molecule has 1 aliphatic rings. The largest absolute Gasteiger partial charge is 0.418 e. The van der Waals surface area contributed by atoms with Gasteiger partial charge < -0.3 is 10.2 Å². The van der Waals surface area contributed by atoms with Gasteiger partial charge in [0.05, 0.1) is 11.3 Å². The first-order chi connectivity index (χ1) is 12.2. The van der Waals surface area contributed by atoms with Gasteiger partial charge in [-0.05, 0) is 43.9 Å². The SMILES string of the molecule is Cc1cc(N2CCC(C)CC2)nc(Nc2ccc(Cl)cc2C(F)(F)F)n1. The highest BCUT2D eigenvalue weighted by Gasteiger charge is 2.34. The summed E-state index contributed by atoms with van der Waals surface area (Å²) >= 11 is 5.72. The van der Waals surface area contributed by atoms with E-state index in [2.05, 4.69) is 27.1 Å². The highest BCUT2D eigenvalue weighted by molar-refractivity contribution is 6.30. The van der Waals surface area contributed by atoms with Crippen molar-refractivity contribution in [3.63, 3.8) is 0 Å². The van der Waals surface area contributed by atoms with E-state index < -0.39 is 11.7 Å². The summed E-state index contributed by atoms with van der Waals surface area (Å²) in [5.41, 5.74) is -0.271. The molecule has 0 spiro atoms. The third-order valence-electron chi connectivity index (χ3n) is 4.48. The van der Waals surface area contributed by atoms with Crippen LogP contribution in [0.15, 0.2) is 24.3 Å². The monoisotopic (exact) mass is 384 g/mol. The molecule has 0 aliphatic carbocycles. The van der Waals surface area contributed by atoms with E-state index in [9.17, 15) is 13.2 Å². The van der Waals surface area contributed by atoms with E-state index >= 15 is 0 Å². The molecule has 1 N–H and O–H groups in total. The first-order valence-corrected chi connectivity index (χ1v) is 8.84. The summed E-state index contributed by atoms with van der Waals surface area (Å²) in [4.78, 5) is 10.8. The van der Waals surface area contributed by atoms with E-state index in [-0.39, 0.29) is 16.7 Å². The van der Waals surface area contributed by atoms with Crippen molar-refractivity contribution in [1.82, 2.24) is 9.97 Å². The molecule has 1 aromatic heterocycles. The van der Waals surface area contributed by atoms with Crippen molar-refractivity contribution < 1.29 is 13.2 Å². The van der Waals surface area contributed by atoms with Gasteiger partial charge in [-0.2, -0.15) is 18.2 Å². The van der Waals surface area contributed by atoms with Gasteiger partial charge in [-0.3, -0.25) is 0 Å². The van der Waals surface area contributed by atoms with Gasteiger partial charge in [-0.15, -0.1) is 0 Å². The van der Waals surface area contributed by atoms with Crippen molar-refractivity contribution in [3.8, 4) is 0 Å². The van der Waals surface area contributed by atoms with E-state index in [1.54, 1.807) is 6.92 Å². The van der Waals surface area contributed by atoms with Crippen molar-refractivity contribution in [3.05, 3.63) is 40.5 Å². The summed E-state index contributed by atoms with van der Waals surface area (Å²) in [5, 5.41) is 2.73. The smallest absolute Gasteiger partial charge is 0.356 e. The number of aryl methyl sites for hydroxylation is 1. The number of hydrogen-bond donors (Lipinski definition) is 1. The van der Waals surface area contributed by atoms with E-state index in [0.717, 1.165) is 37.8 Å². The molecule has 140 valence electrons.